The average molecular weight is 353 g/mol. The van der Waals surface area contributed by atoms with Gasteiger partial charge in [-0.05, 0) is 37.3 Å². The van der Waals surface area contributed by atoms with Gasteiger partial charge < -0.3 is 10.1 Å². The van der Waals surface area contributed by atoms with E-state index in [2.05, 4.69) is 20.3 Å². The number of ether oxygens (including phenoxy) is 1. The fourth-order valence-electron chi connectivity index (χ4n) is 3.37. The van der Waals surface area contributed by atoms with Gasteiger partial charge in [-0.1, -0.05) is 0 Å². The molecule has 2 N–H and O–H groups in total. The highest BCUT2D eigenvalue weighted by atomic mass is 16.5. The van der Waals surface area contributed by atoms with Crippen molar-refractivity contribution in [2.75, 3.05) is 36.5 Å². The zero-order valence-electron chi connectivity index (χ0n) is 14.4. The molecule has 1 amide bonds. The minimum atomic E-state index is 0.00641. The molecule has 2 aliphatic heterocycles. The van der Waals surface area contributed by atoms with Gasteiger partial charge in [0.05, 0.1) is 18.4 Å². The molecule has 0 unspecified atom stereocenters. The number of carbonyl (C=O) groups is 1. The molecule has 1 saturated heterocycles. The molecule has 1 radical (unpaired) electrons. The fourth-order valence-corrected chi connectivity index (χ4v) is 3.37. The van der Waals surface area contributed by atoms with Crippen LogP contribution in [-0.2, 0) is 9.53 Å². The molecule has 0 bridgehead atoms. The highest BCUT2D eigenvalue weighted by Crippen LogP contribution is 2.30. The molecule has 2 aliphatic rings. The topological polar surface area (TPSA) is 104 Å². The smallest absolute Gasteiger partial charge is 0.247 e. The van der Waals surface area contributed by atoms with Crippen molar-refractivity contribution in [2.24, 2.45) is 5.92 Å². The van der Waals surface area contributed by atoms with E-state index in [4.69, 9.17) is 10.5 Å². The summed E-state index contributed by atoms with van der Waals surface area (Å²) in [5.41, 5.74) is 9.08. The predicted molar refractivity (Wildman–Crippen MR) is 97.0 cm³/mol. The van der Waals surface area contributed by atoms with Crippen LogP contribution in [0.15, 0.2) is 24.5 Å². The lowest BCUT2D eigenvalue weighted by molar-refractivity contribution is -0.117. The second kappa shape index (κ2) is 7.25. The van der Waals surface area contributed by atoms with Crippen LogP contribution in [0.1, 0.15) is 19.3 Å². The minimum Gasteiger partial charge on any atom is -0.381 e. The van der Waals surface area contributed by atoms with Crippen molar-refractivity contribution in [1.29, 1.82) is 0 Å². The maximum absolute atomic E-state index is 12.5. The van der Waals surface area contributed by atoms with Crippen LogP contribution >= 0.6 is 0 Å². The standard InChI is InChI=1S/C18H21N6O2/c19-15-9-13(1-5-20-15)14-10-21-17-18(23-14)24(16(25)11-22-17)6-2-12-3-7-26-8-4-12/h1,5,9-10,12,19H,2-4,6-8,11H2,(H,21,22). The van der Waals surface area contributed by atoms with Gasteiger partial charge in [-0.25, -0.2) is 15.0 Å². The predicted octanol–water partition coefficient (Wildman–Crippen LogP) is 2.03. The second-order valence-electron chi connectivity index (χ2n) is 6.60. The van der Waals surface area contributed by atoms with Crippen LogP contribution in [0.5, 0.6) is 0 Å². The third-order valence-corrected chi connectivity index (χ3v) is 4.88. The number of rotatable bonds is 4. The number of hydrogen-bond donors (Lipinski definition) is 1. The molecule has 1 fully saturated rings. The lowest BCUT2D eigenvalue weighted by atomic mass is 9.96. The molecular weight excluding hydrogens is 332 g/mol. The fraction of sp³-hybridized carbons (Fsp3) is 0.444. The van der Waals surface area contributed by atoms with Gasteiger partial charge in [0.1, 0.15) is 5.82 Å². The summed E-state index contributed by atoms with van der Waals surface area (Å²) >= 11 is 0. The summed E-state index contributed by atoms with van der Waals surface area (Å²) in [6.45, 7) is 2.48. The quantitative estimate of drug-likeness (QED) is 0.902. The Labute approximate surface area is 151 Å². The molecule has 135 valence electrons. The van der Waals surface area contributed by atoms with Crippen molar-refractivity contribution in [1.82, 2.24) is 20.7 Å². The van der Waals surface area contributed by atoms with Crippen molar-refractivity contribution < 1.29 is 9.53 Å². The first-order valence-electron chi connectivity index (χ1n) is 8.88. The number of amides is 1. The van der Waals surface area contributed by atoms with E-state index in [0.29, 0.717) is 29.8 Å². The summed E-state index contributed by atoms with van der Waals surface area (Å²) in [6, 6.07) is 3.43. The SMILES string of the molecule is [NH]c1cc(-c2cnc3c(n2)N(CCC2CCOCC2)C(=O)CN3)ccn1. The van der Waals surface area contributed by atoms with E-state index < -0.39 is 0 Å². The lowest BCUT2D eigenvalue weighted by Gasteiger charge is -2.30. The van der Waals surface area contributed by atoms with E-state index in [0.717, 1.165) is 38.0 Å². The van der Waals surface area contributed by atoms with E-state index in [-0.39, 0.29) is 18.3 Å². The number of aromatic nitrogens is 3. The third kappa shape index (κ3) is 3.45. The molecule has 0 aliphatic carbocycles. The Bertz CT molecular complexity index is 806. The summed E-state index contributed by atoms with van der Waals surface area (Å²) in [5, 5.41) is 3.04. The van der Waals surface area contributed by atoms with Gasteiger partial charge >= 0.3 is 0 Å². The van der Waals surface area contributed by atoms with Gasteiger partial charge in [0.15, 0.2) is 11.6 Å². The molecule has 4 rings (SSSR count). The van der Waals surface area contributed by atoms with Crippen LogP contribution < -0.4 is 16.0 Å². The number of anilines is 2. The molecule has 4 heterocycles. The van der Waals surface area contributed by atoms with Crippen molar-refractivity contribution in [3.05, 3.63) is 24.5 Å². The molecule has 2 aromatic heterocycles. The highest BCUT2D eigenvalue weighted by molar-refractivity contribution is 6.00. The monoisotopic (exact) mass is 353 g/mol. The Kier molecular flexibility index (Phi) is 4.66. The molecule has 8 heteroatoms. The first-order chi connectivity index (χ1) is 12.7. The van der Waals surface area contributed by atoms with Crippen LogP contribution in [0.25, 0.3) is 11.3 Å². The average Bonchev–Trinajstić information content (AvgIpc) is 2.67. The van der Waals surface area contributed by atoms with Gasteiger partial charge in [0.2, 0.25) is 5.91 Å². The number of fused-ring (bicyclic) bond motifs is 1. The first kappa shape index (κ1) is 16.7. The maximum Gasteiger partial charge on any atom is 0.247 e. The largest absolute Gasteiger partial charge is 0.381 e. The molecule has 2 aromatic rings. The lowest BCUT2D eigenvalue weighted by Crippen LogP contribution is -2.42. The van der Waals surface area contributed by atoms with E-state index in [1.54, 1.807) is 29.4 Å². The van der Waals surface area contributed by atoms with Gasteiger partial charge in [0, 0.05) is 31.5 Å². The summed E-state index contributed by atoms with van der Waals surface area (Å²) in [7, 11) is 0. The molecule has 8 nitrogen and oxygen atoms in total. The van der Waals surface area contributed by atoms with E-state index in [1.165, 1.54) is 0 Å². The first-order valence-corrected chi connectivity index (χ1v) is 8.88. The van der Waals surface area contributed by atoms with Gasteiger partial charge in [0.25, 0.3) is 0 Å². The number of nitrogens with zero attached hydrogens (tertiary/aromatic N) is 4. The summed E-state index contributed by atoms with van der Waals surface area (Å²) < 4.78 is 5.41. The second-order valence-corrected chi connectivity index (χ2v) is 6.60. The Morgan fingerprint density at radius 2 is 2.15 bits per heavy atom. The Hall–Kier alpha value is -2.74. The zero-order chi connectivity index (χ0) is 17.9. The highest BCUT2D eigenvalue weighted by Gasteiger charge is 2.28. The third-order valence-electron chi connectivity index (χ3n) is 4.88. The summed E-state index contributed by atoms with van der Waals surface area (Å²) in [6.07, 6.45) is 6.26. The van der Waals surface area contributed by atoms with Crippen molar-refractivity contribution >= 4 is 23.4 Å². The number of pyridine rings is 1. The molecule has 0 atom stereocenters. The van der Waals surface area contributed by atoms with Crippen molar-refractivity contribution in [3.8, 4) is 11.3 Å². The van der Waals surface area contributed by atoms with Crippen molar-refractivity contribution in [2.45, 2.75) is 19.3 Å². The van der Waals surface area contributed by atoms with E-state index in [9.17, 15) is 4.79 Å². The maximum atomic E-state index is 12.5. The molecule has 0 saturated carbocycles. The van der Waals surface area contributed by atoms with E-state index in [1.807, 2.05) is 0 Å². The zero-order valence-corrected chi connectivity index (χ0v) is 14.4. The number of carbonyl (C=O) groups excluding carboxylic acids is 1. The van der Waals surface area contributed by atoms with E-state index >= 15 is 0 Å². The molecular formula is C18H21N6O2. The van der Waals surface area contributed by atoms with Gasteiger partial charge in [-0.15, -0.1) is 0 Å². The Balaban J connectivity index is 1.58. The van der Waals surface area contributed by atoms with Crippen LogP contribution in [0.4, 0.5) is 17.5 Å². The molecule has 26 heavy (non-hydrogen) atoms. The molecule has 0 spiro atoms. The van der Waals surface area contributed by atoms with Crippen LogP contribution in [0.2, 0.25) is 0 Å². The number of hydrogen-bond acceptors (Lipinski definition) is 6. The van der Waals surface area contributed by atoms with Crippen LogP contribution in [0, 0.1) is 5.92 Å². The number of nitrogens with one attached hydrogen (secondary N) is 2. The summed E-state index contributed by atoms with van der Waals surface area (Å²) in [4.78, 5) is 27.2. The van der Waals surface area contributed by atoms with Crippen LogP contribution in [0.3, 0.4) is 0 Å². The van der Waals surface area contributed by atoms with Gasteiger partial charge in [-0.2, -0.15) is 0 Å². The minimum absolute atomic E-state index is 0.00641. The summed E-state index contributed by atoms with van der Waals surface area (Å²) in [5.74, 6) is 1.95. The van der Waals surface area contributed by atoms with Crippen molar-refractivity contribution in [3.63, 3.8) is 0 Å². The Morgan fingerprint density at radius 1 is 1.31 bits per heavy atom. The van der Waals surface area contributed by atoms with Crippen LogP contribution in [-0.4, -0.2) is 47.2 Å². The molecule has 0 aromatic carbocycles. The normalized spacial score (nSPS) is 17.7. The van der Waals surface area contributed by atoms with Gasteiger partial charge in [-0.3, -0.25) is 15.4 Å². The Morgan fingerprint density at radius 3 is 2.96 bits per heavy atom.